The smallest absolute Gasteiger partial charge is 0.405 e. The predicted octanol–water partition coefficient (Wildman–Crippen LogP) is 1.02. The maximum Gasteiger partial charge on any atom is 0.573 e. The first kappa shape index (κ1) is 16.5. The van der Waals surface area contributed by atoms with Crippen molar-refractivity contribution in [2.75, 3.05) is 0 Å². The number of ether oxygens (including phenoxy) is 1. The SMILES string of the molecule is NCc1nc(S(N)(=O)=O)cc(OC(F)(F)F)c1C(F)F. The molecule has 0 radical (unpaired) electrons. The van der Waals surface area contributed by atoms with Crippen molar-refractivity contribution in [1.82, 2.24) is 4.98 Å². The lowest BCUT2D eigenvalue weighted by molar-refractivity contribution is -0.275. The number of hydrogen-bond donors (Lipinski definition) is 2. The number of pyridine rings is 1. The second kappa shape index (κ2) is 5.46. The Morgan fingerprint density at radius 2 is 1.90 bits per heavy atom. The lowest BCUT2D eigenvalue weighted by atomic mass is 10.2. The van der Waals surface area contributed by atoms with Gasteiger partial charge in [-0.05, 0) is 0 Å². The maximum atomic E-state index is 12.8. The van der Waals surface area contributed by atoms with Gasteiger partial charge in [0, 0.05) is 12.6 Å². The van der Waals surface area contributed by atoms with Crippen LogP contribution in [0.15, 0.2) is 11.1 Å². The van der Waals surface area contributed by atoms with Gasteiger partial charge in [0.1, 0.15) is 5.75 Å². The standard InChI is InChI=1S/C8H8F5N3O3S/c9-7(10)6-3(2-14)16-5(20(15,17)18)1-4(6)19-8(11,12)13/h1,7H,2,14H2,(H2,15,17,18). The van der Waals surface area contributed by atoms with Gasteiger partial charge in [0.25, 0.3) is 16.4 Å². The fraction of sp³-hybridized carbons (Fsp3) is 0.375. The molecule has 4 N–H and O–H groups in total. The Hall–Kier alpha value is -1.53. The van der Waals surface area contributed by atoms with Crippen molar-refractivity contribution in [2.24, 2.45) is 10.9 Å². The van der Waals surface area contributed by atoms with E-state index in [4.69, 9.17) is 5.73 Å². The van der Waals surface area contributed by atoms with E-state index >= 15 is 0 Å². The van der Waals surface area contributed by atoms with Crippen molar-refractivity contribution in [3.8, 4) is 5.75 Å². The van der Waals surface area contributed by atoms with Crippen LogP contribution in [0.3, 0.4) is 0 Å². The van der Waals surface area contributed by atoms with E-state index < -0.39 is 51.4 Å². The molecular formula is C8H8F5N3O3S. The van der Waals surface area contributed by atoms with Crippen LogP contribution in [0.5, 0.6) is 5.75 Å². The molecule has 0 aliphatic heterocycles. The Bertz CT molecular complexity index is 602. The van der Waals surface area contributed by atoms with Gasteiger partial charge in [-0.15, -0.1) is 13.2 Å². The highest BCUT2D eigenvalue weighted by atomic mass is 32.2. The molecular weight excluding hydrogens is 313 g/mol. The molecule has 0 unspecified atom stereocenters. The molecule has 0 amide bonds. The maximum absolute atomic E-state index is 12.8. The molecule has 0 saturated heterocycles. The van der Waals surface area contributed by atoms with Crippen molar-refractivity contribution in [1.29, 1.82) is 0 Å². The summed E-state index contributed by atoms with van der Waals surface area (Å²) in [5.41, 5.74) is 3.07. The van der Waals surface area contributed by atoms with Crippen molar-refractivity contribution in [3.05, 3.63) is 17.3 Å². The van der Waals surface area contributed by atoms with E-state index in [1.165, 1.54) is 0 Å². The van der Waals surface area contributed by atoms with Gasteiger partial charge in [0.2, 0.25) is 0 Å². The molecule has 1 heterocycles. The van der Waals surface area contributed by atoms with Gasteiger partial charge in [-0.25, -0.2) is 27.3 Å². The molecule has 6 nitrogen and oxygen atoms in total. The molecule has 0 saturated carbocycles. The fourth-order valence-electron chi connectivity index (χ4n) is 1.30. The number of alkyl halides is 5. The lowest BCUT2D eigenvalue weighted by Gasteiger charge is -2.16. The first-order valence-electron chi connectivity index (χ1n) is 4.76. The number of rotatable bonds is 4. The Morgan fingerprint density at radius 1 is 1.35 bits per heavy atom. The second-order valence-electron chi connectivity index (χ2n) is 3.42. The van der Waals surface area contributed by atoms with Crippen LogP contribution < -0.4 is 15.6 Å². The predicted molar refractivity (Wildman–Crippen MR) is 55.1 cm³/mol. The number of sulfonamides is 1. The first-order chi connectivity index (χ1) is 8.95. The summed E-state index contributed by atoms with van der Waals surface area (Å²) >= 11 is 0. The zero-order valence-electron chi connectivity index (χ0n) is 9.49. The first-order valence-corrected chi connectivity index (χ1v) is 6.31. The summed E-state index contributed by atoms with van der Waals surface area (Å²) in [6.07, 6.45) is -8.69. The molecule has 0 fully saturated rings. The van der Waals surface area contributed by atoms with Crippen LogP contribution in [0, 0.1) is 0 Å². The van der Waals surface area contributed by atoms with Crippen LogP contribution in [0.4, 0.5) is 22.0 Å². The van der Waals surface area contributed by atoms with Crippen LogP contribution in [0.2, 0.25) is 0 Å². The average Bonchev–Trinajstić information content (AvgIpc) is 2.23. The highest BCUT2D eigenvalue weighted by Gasteiger charge is 2.35. The van der Waals surface area contributed by atoms with Crippen LogP contribution >= 0.6 is 0 Å². The van der Waals surface area contributed by atoms with E-state index in [9.17, 15) is 30.4 Å². The van der Waals surface area contributed by atoms with Gasteiger partial charge in [0.05, 0.1) is 11.3 Å². The fourth-order valence-corrected chi connectivity index (χ4v) is 1.81. The Balaban J connectivity index is 3.58. The third-order valence-electron chi connectivity index (χ3n) is 2.00. The largest absolute Gasteiger partial charge is 0.573 e. The van der Waals surface area contributed by atoms with E-state index in [0.29, 0.717) is 0 Å². The van der Waals surface area contributed by atoms with E-state index in [0.717, 1.165) is 0 Å². The van der Waals surface area contributed by atoms with Crippen LogP contribution in [0.25, 0.3) is 0 Å². The lowest BCUT2D eigenvalue weighted by Crippen LogP contribution is -2.22. The van der Waals surface area contributed by atoms with Gasteiger partial charge in [-0.3, -0.25) is 0 Å². The molecule has 0 atom stereocenters. The molecule has 0 bridgehead atoms. The van der Waals surface area contributed by atoms with Crippen molar-refractivity contribution in [2.45, 2.75) is 24.4 Å². The van der Waals surface area contributed by atoms with E-state index in [1.54, 1.807) is 0 Å². The average molecular weight is 321 g/mol. The van der Waals surface area contributed by atoms with Gasteiger partial charge in [0.15, 0.2) is 5.03 Å². The summed E-state index contributed by atoms with van der Waals surface area (Å²) in [5, 5.41) is 3.63. The summed E-state index contributed by atoms with van der Waals surface area (Å²) in [5.74, 6) is -1.41. The van der Waals surface area contributed by atoms with Crippen LogP contribution in [-0.2, 0) is 16.6 Å². The molecule has 1 rings (SSSR count). The molecule has 20 heavy (non-hydrogen) atoms. The molecule has 114 valence electrons. The normalized spacial score (nSPS) is 12.8. The van der Waals surface area contributed by atoms with Crippen molar-refractivity contribution >= 4 is 10.0 Å². The summed E-state index contributed by atoms with van der Waals surface area (Å²) in [4.78, 5) is 3.21. The van der Waals surface area contributed by atoms with Crippen LogP contribution in [0.1, 0.15) is 17.7 Å². The zero-order chi connectivity index (χ0) is 15.7. The quantitative estimate of drug-likeness (QED) is 0.805. The number of halogens is 5. The number of nitrogens with two attached hydrogens (primary N) is 2. The number of primary sulfonamides is 1. The minimum Gasteiger partial charge on any atom is -0.405 e. The molecule has 0 spiro atoms. The molecule has 12 heteroatoms. The van der Waals surface area contributed by atoms with Crippen molar-refractivity contribution < 1.29 is 35.1 Å². The topological polar surface area (TPSA) is 108 Å². The Kier molecular flexibility index (Phi) is 4.51. The second-order valence-corrected chi connectivity index (χ2v) is 4.92. The summed E-state index contributed by atoms with van der Waals surface area (Å²) in [6, 6.07) is 0.170. The third-order valence-corrected chi connectivity index (χ3v) is 2.80. The number of aromatic nitrogens is 1. The highest BCUT2D eigenvalue weighted by Crippen LogP contribution is 2.35. The van der Waals surface area contributed by atoms with Gasteiger partial charge in [-0.1, -0.05) is 0 Å². The molecule has 0 aromatic carbocycles. The van der Waals surface area contributed by atoms with Gasteiger partial charge < -0.3 is 10.5 Å². The van der Waals surface area contributed by atoms with Gasteiger partial charge in [-0.2, -0.15) is 0 Å². The summed E-state index contributed by atoms with van der Waals surface area (Å²) < 4.78 is 87.4. The molecule has 1 aromatic rings. The van der Waals surface area contributed by atoms with E-state index in [2.05, 4.69) is 14.9 Å². The third kappa shape index (κ3) is 3.98. The Labute approximate surface area is 109 Å². The minimum absolute atomic E-state index is 0.170. The van der Waals surface area contributed by atoms with Crippen LogP contribution in [-0.4, -0.2) is 19.8 Å². The molecule has 0 aliphatic rings. The van der Waals surface area contributed by atoms with Gasteiger partial charge >= 0.3 is 6.36 Å². The Morgan fingerprint density at radius 3 is 2.25 bits per heavy atom. The van der Waals surface area contributed by atoms with E-state index in [-0.39, 0.29) is 6.07 Å². The summed E-state index contributed by atoms with van der Waals surface area (Å²) in [7, 11) is -4.51. The number of nitrogens with zero attached hydrogens (tertiary/aromatic N) is 1. The number of hydrogen-bond acceptors (Lipinski definition) is 5. The molecule has 0 aliphatic carbocycles. The van der Waals surface area contributed by atoms with Crippen molar-refractivity contribution in [3.63, 3.8) is 0 Å². The minimum atomic E-state index is -5.30. The van der Waals surface area contributed by atoms with E-state index in [1.807, 2.05) is 0 Å². The molecule has 1 aromatic heterocycles. The highest BCUT2D eigenvalue weighted by molar-refractivity contribution is 7.89. The summed E-state index contributed by atoms with van der Waals surface area (Å²) in [6.45, 7) is -0.725. The monoisotopic (exact) mass is 321 g/mol. The zero-order valence-corrected chi connectivity index (χ0v) is 10.3.